The molecule has 0 aromatic carbocycles. The van der Waals surface area contributed by atoms with Crippen molar-refractivity contribution in [2.75, 3.05) is 0 Å². The van der Waals surface area contributed by atoms with E-state index in [1.165, 1.54) is 7.05 Å². The Morgan fingerprint density at radius 3 is 2.25 bits per heavy atom. The topological polar surface area (TPSA) is 110 Å². The van der Waals surface area contributed by atoms with Crippen LogP contribution in [-0.4, -0.2) is 19.9 Å². The molecule has 3 N–H and O–H groups in total. The summed E-state index contributed by atoms with van der Waals surface area (Å²) in [6, 6.07) is 2.09. The van der Waals surface area contributed by atoms with Crippen LogP contribution >= 0.6 is 27.7 Å². The molecule has 0 bridgehead atoms. The zero-order valence-corrected chi connectivity index (χ0v) is 16.5. The largest absolute Gasteiger partial charge is 0.503 e. The molecule has 0 radical (unpaired) electrons. The molecule has 0 amide bonds. The molecule has 2 aromatic rings. The Morgan fingerprint density at radius 1 is 1.12 bits per heavy atom. The lowest BCUT2D eigenvalue weighted by molar-refractivity contribution is -0.640. The molecule has 24 heavy (non-hydrogen) atoms. The van der Waals surface area contributed by atoms with Crippen molar-refractivity contribution < 1.29 is 19.9 Å². The standard InChI is InChI=1S/C14H16N3O4P3/c1-16-6(8(18)9(19)10(20)13(16)21)7-11(22)5(3-4-15)12(23)14(24)17(7)2/h3,22-24H2,1-2H3,(H2,18,19,20,21)/p+1. The molecule has 3 atom stereocenters. The molecule has 0 fully saturated rings. The molecular weight excluding hydrogens is 367 g/mol. The van der Waals surface area contributed by atoms with E-state index in [0.29, 0.717) is 16.6 Å². The number of aromatic hydroxyl groups is 3. The highest BCUT2D eigenvalue weighted by Gasteiger charge is 2.30. The molecule has 0 aliphatic heterocycles. The summed E-state index contributed by atoms with van der Waals surface area (Å²) < 4.78 is 2.76. The Labute approximate surface area is 145 Å². The minimum atomic E-state index is -0.919. The van der Waals surface area contributed by atoms with Gasteiger partial charge in [0.1, 0.15) is 7.05 Å². The van der Waals surface area contributed by atoms with Gasteiger partial charge in [-0.3, -0.25) is 9.36 Å². The first-order chi connectivity index (χ1) is 11.1. The van der Waals surface area contributed by atoms with Crippen LogP contribution in [0.25, 0.3) is 11.4 Å². The van der Waals surface area contributed by atoms with Crippen molar-refractivity contribution in [2.45, 2.75) is 6.42 Å². The van der Waals surface area contributed by atoms with Crippen LogP contribution in [0.15, 0.2) is 4.79 Å². The highest BCUT2D eigenvalue weighted by atomic mass is 31.0. The van der Waals surface area contributed by atoms with E-state index in [4.69, 9.17) is 5.26 Å². The molecule has 0 spiro atoms. The summed E-state index contributed by atoms with van der Waals surface area (Å²) in [5.74, 6) is -2.41. The quantitative estimate of drug-likeness (QED) is 0.434. The van der Waals surface area contributed by atoms with Gasteiger partial charge in [-0.05, 0) is 14.8 Å². The first kappa shape index (κ1) is 18.6. The van der Waals surface area contributed by atoms with Crippen molar-refractivity contribution in [1.82, 2.24) is 4.57 Å². The molecule has 126 valence electrons. The van der Waals surface area contributed by atoms with E-state index in [-0.39, 0.29) is 12.1 Å². The average molecular weight is 384 g/mol. The predicted octanol–water partition coefficient (Wildman–Crippen LogP) is -1.44. The van der Waals surface area contributed by atoms with Gasteiger partial charge in [-0.2, -0.15) is 9.83 Å². The van der Waals surface area contributed by atoms with Crippen LogP contribution in [-0.2, 0) is 20.5 Å². The van der Waals surface area contributed by atoms with E-state index in [2.05, 4.69) is 33.8 Å². The lowest BCUT2D eigenvalue weighted by atomic mass is 10.1. The van der Waals surface area contributed by atoms with Crippen molar-refractivity contribution in [3.63, 3.8) is 0 Å². The van der Waals surface area contributed by atoms with Gasteiger partial charge in [-0.15, -0.1) is 0 Å². The predicted molar refractivity (Wildman–Crippen MR) is 101 cm³/mol. The van der Waals surface area contributed by atoms with E-state index in [1.807, 2.05) is 0 Å². The van der Waals surface area contributed by atoms with Crippen molar-refractivity contribution in [1.29, 1.82) is 5.26 Å². The third-order valence-electron chi connectivity index (χ3n) is 3.87. The third kappa shape index (κ3) is 2.66. The van der Waals surface area contributed by atoms with Gasteiger partial charge in [-0.1, -0.05) is 18.5 Å². The van der Waals surface area contributed by atoms with Crippen LogP contribution in [0.3, 0.4) is 0 Å². The van der Waals surface area contributed by atoms with Crippen LogP contribution < -0.4 is 26.2 Å². The Kier molecular flexibility index (Phi) is 5.16. The van der Waals surface area contributed by atoms with Gasteiger partial charge in [0.2, 0.25) is 22.6 Å². The minimum absolute atomic E-state index is 0.0377. The highest BCUT2D eigenvalue weighted by molar-refractivity contribution is 7.36. The van der Waals surface area contributed by atoms with Gasteiger partial charge < -0.3 is 15.3 Å². The van der Waals surface area contributed by atoms with Crippen molar-refractivity contribution in [3.05, 3.63) is 15.9 Å². The summed E-state index contributed by atoms with van der Waals surface area (Å²) in [7, 11) is 10.7. The number of nitrogens with zero attached hydrogens (tertiary/aromatic N) is 3. The van der Waals surface area contributed by atoms with Crippen molar-refractivity contribution in [3.8, 4) is 34.7 Å². The summed E-state index contributed by atoms with van der Waals surface area (Å²) in [5, 5.41) is 40.2. The molecule has 0 saturated carbocycles. The van der Waals surface area contributed by atoms with E-state index < -0.39 is 22.8 Å². The van der Waals surface area contributed by atoms with Crippen molar-refractivity contribution >= 4 is 43.8 Å². The van der Waals surface area contributed by atoms with Crippen LogP contribution in [0.1, 0.15) is 5.56 Å². The smallest absolute Gasteiger partial charge is 0.297 e. The first-order valence-corrected chi connectivity index (χ1v) is 8.44. The summed E-state index contributed by atoms with van der Waals surface area (Å²) in [6.45, 7) is 0. The maximum atomic E-state index is 12.1. The van der Waals surface area contributed by atoms with Gasteiger partial charge in [0.15, 0.2) is 11.4 Å². The molecule has 7 nitrogen and oxygen atoms in total. The van der Waals surface area contributed by atoms with Crippen LogP contribution in [0.2, 0.25) is 0 Å². The number of hydrogen-bond acceptors (Lipinski definition) is 5. The average Bonchev–Trinajstić information content (AvgIpc) is 2.56. The van der Waals surface area contributed by atoms with E-state index in [0.717, 1.165) is 15.3 Å². The van der Waals surface area contributed by atoms with E-state index >= 15 is 0 Å². The minimum Gasteiger partial charge on any atom is -0.503 e. The van der Waals surface area contributed by atoms with Gasteiger partial charge in [0.05, 0.1) is 12.5 Å². The van der Waals surface area contributed by atoms with Gasteiger partial charge >= 0.3 is 0 Å². The maximum absolute atomic E-state index is 12.1. The molecular formula is C14H17N3O4P3+. The van der Waals surface area contributed by atoms with Crippen molar-refractivity contribution in [2.24, 2.45) is 14.1 Å². The molecule has 0 saturated heterocycles. The number of rotatable bonds is 2. The third-order valence-corrected chi connectivity index (χ3v) is 6.17. The fourth-order valence-electron chi connectivity index (χ4n) is 2.50. The Balaban J connectivity index is 3.05. The molecule has 10 heteroatoms. The zero-order valence-electron chi connectivity index (χ0n) is 13.0. The second kappa shape index (κ2) is 6.65. The molecule has 0 aliphatic carbocycles. The lowest BCUT2D eigenvalue weighted by Gasteiger charge is -2.16. The SMILES string of the molecule is Cn1c(-c2c(P)c(CC#N)c(P)c(P)[n+]2C)c(O)c(O)c(O)c1=O. The molecule has 3 unspecified atom stereocenters. The Morgan fingerprint density at radius 2 is 1.71 bits per heavy atom. The second-order valence-corrected chi connectivity index (χ2v) is 6.89. The summed E-state index contributed by atoms with van der Waals surface area (Å²) in [6.07, 6.45) is 0.131. The van der Waals surface area contributed by atoms with Crippen LogP contribution in [0.5, 0.6) is 17.2 Å². The fourth-order valence-corrected chi connectivity index (χ4v) is 4.01. The van der Waals surface area contributed by atoms with Crippen LogP contribution in [0.4, 0.5) is 0 Å². The first-order valence-electron chi connectivity index (χ1n) is 6.71. The van der Waals surface area contributed by atoms with E-state index in [1.54, 1.807) is 11.6 Å². The number of hydrogen-bond donors (Lipinski definition) is 3. The van der Waals surface area contributed by atoms with Gasteiger partial charge in [0.25, 0.3) is 5.56 Å². The number of pyridine rings is 2. The zero-order chi connectivity index (χ0) is 18.3. The summed E-state index contributed by atoms with van der Waals surface area (Å²) >= 11 is 0. The Bertz CT molecular complexity index is 964. The molecule has 2 aromatic heterocycles. The number of aromatic nitrogens is 2. The highest BCUT2D eigenvalue weighted by Crippen LogP contribution is 2.38. The summed E-state index contributed by atoms with van der Waals surface area (Å²) in [5.41, 5.74) is 1.06. The molecule has 2 rings (SSSR count). The van der Waals surface area contributed by atoms with E-state index in [9.17, 15) is 20.1 Å². The fraction of sp³-hybridized carbons (Fsp3) is 0.214. The number of nitriles is 1. The Hall–Kier alpha value is -1.72. The maximum Gasteiger partial charge on any atom is 0.297 e. The summed E-state index contributed by atoms with van der Waals surface area (Å²) in [4.78, 5) is 12.1. The van der Waals surface area contributed by atoms with Gasteiger partial charge in [-0.25, -0.2) is 0 Å². The monoisotopic (exact) mass is 384 g/mol. The molecule has 0 aliphatic rings. The molecule has 2 heterocycles. The van der Waals surface area contributed by atoms with Gasteiger partial charge in [0, 0.05) is 17.7 Å². The van der Waals surface area contributed by atoms with Crippen LogP contribution in [0, 0.1) is 11.3 Å². The normalized spacial score (nSPS) is 10.7. The lowest BCUT2D eigenvalue weighted by Crippen LogP contribution is -2.54. The second-order valence-electron chi connectivity index (χ2n) is 5.19.